The lowest BCUT2D eigenvalue weighted by Crippen LogP contribution is -2.55. The highest BCUT2D eigenvalue weighted by Gasteiger charge is 2.40. The molecule has 1 aliphatic rings. The molecule has 0 aliphatic heterocycles. The molecule has 7 heteroatoms. The molecule has 1 aromatic heterocycles. The molecule has 1 fully saturated rings. The van der Waals surface area contributed by atoms with E-state index in [0.717, 1.165) is 25.7 Å². The van der Waals surface area contributed by atoms with Gasteiger partial charge in [0.25, 0.3) is 0 Å². The van der Waals surface area contributed by atoms with Crippen molar-refractivity contribution in [2.24, 2.45) is 7.05 Å². The number of hydrogen-bond acceptors (Lipinski definition) is 3. The van der Waals surface area contributed by atoms with E-state index in [4.69, 9.17) is 0 Å². The average molecular weight is 280 g/mol. The molecule has 0 saturated heterocycles. The quantitative estimate of drug-likeness (QED) is 0.734. The summed E-state index contributed by atoms with van der Waals surface area (Å²) in [5.41, 5.74) is -1.16. The Morgan fingerprint density at radius 1 is 1.30 bits per heavy atom. The Hall–Kier alpha value is -2.05. The summed E-state index contributed by atoms with van der Waals surface area (Å²) in [5.74, 6) is -0.560. The summed E-state index contributed by atoms with van der Waals surface area (Å²) in [5, 5.41) is 18.7. The Balaban J connectivity index is 2.03. The minimum Gasteiger partial charge on any atom is -0.480 e. The van der Waals surface area contributed by atoms with Gasteiger partial charge in [0.05, 0.1) is 0 Å². The minimum atomic E-state index is -1.16. The maximum Gasteiger partial charge on any atom is 0.329 e. The summed E-state index contributed by atoms with van der Waals surface area (Å²) in [4.78, 5) is 23.5. The smallest absolute Gasteiger partial charge is 0.329 e. The number of aromatic nitrogens is 2. The number of hydrogen-bond donors (Lipinski definition) is 3. The summed E-state index contributed by atoms with van der Waals surface area (Å²) < 4.78 is 1.56. The SMILES string of the molecule is Cn1ccc(NC(=O)NC2(C(=O)O)CCCCCC2)n1. The molecular formula is C13H20N4O3. The lowest BCUT2D eigenvalue weighted by Gasteiger charge is -2.29. The maximum atomic E-state index is 12.0. The molecule has 3 N–H and O–H groups in total. The highest BCUT2D eigenvalue weighted by Crippen LogP contribution is 2.27. The number of carboxylic acids is 1. The van der Waals surface area contributed by atoms with Gasteiger partial charge in [-0.15, -0.1) is 0 Å². The van der Waals surface area contributed by atoms with E-state index < -0.39 is 17.5 Å². The number of anilines is 1. The summed E-state index contributed by atoms with van der Waals surface area (Å²) in [7, 11) is 1.74. The first-order valence-corrected chi connectivity index (χ1v) is 6.84. The third-order valence-electron chi connectivity index (χ3n) is 3.67. The zero-order chi connectivity index (χ0) is 14.6. The molecule has 0 aromatic carbocycles. The fraction of sp³-hybridized carbons (Fsp3) is 0.615. The van der Waals surface area contributed by atoms with Gasteiger partial charge in [0.15, 0.2) is 5.82 Å². The van der Waals surface area contributed by atoms with Gasteiger partial charge in [-0.1, -0.05) is 25.7 Å². The van der Waals surface area contributed by atoms with E-state index in [2.05, 4.69) is 15.7 Å². The van der Waals surface area contributed by atoms with Gasteiger partial charge < -0.3 is 10.4 Å². The number of urea groups is 1. The standard InChI is InChI=1S/C13H20N4O3/c1-17-9-6-10(16-17)14-12(20)15-13(11(18)19)7-4-2-3-5-8-13/h6,9H,2-5,7-8H2,1H3,(H,18,19)(H2,14,15,16,20). The molecule has 0 bridgehead atoms. The third-order valence-corrected chi connectivity index (χ3v) is 3.67. The average Bonchev–Trinajstić information content (AvgIpc) is 2.64. The van der Waals surface area contributed by atoms with Crippen LogP contribution >= 0.6 is 0 Å². The van der Waals surface area contributed by atoms with Crippen LogP contribution in [0.1, 0.15) is 38.5 Å². The Kier molecular flexibility index (Phi) is 4.26. The van der Waals surface area contributed by atoms with Crippen molar-refractivity contribution >= 4 is 17.8 Å². The normalized spacial score (nSPS) is 18.1. The summed E-state index contributed by atoms with van der Waals surface area (Å²) in [6, 6.07) is 1.13. The molecule has 20 heavy (non-hydrogen) atoms. The predicted molar refractivity (Wildman–Crippen MR) is 73.4 cm³/mol. The molecule has 1 aliphatic carbocycles. The first-order valence-electron chi connectivity index (χ1n) is 6.84. The second kappa shape index (κ2) is 5.94. The van der Waals surface area contributed by atoms with Gasteiger partial charge in [-0.3, -0.25) is 10.00 Å². The Morgan fingerprint density at radius 2 is 1.95 bits per heavy atom. The number of amides is 2. The van der Waals surface area contributed by atoms with Crippen LogP contribution in [-0.2, 0) is 11.8 Å². The minimum absolute atomic E-state index is 0.402. The number of nitrogens with zero attached hydrogens (tertiary/aromatic N) is 2. The van der Waals surface area contributed by atoms with E-state index in [9.17, 15) is 14.7 Å². The van der Waals surface area contributed by atoms with Crippen LogP contribution in [0.4, 0.5) is 10.6 Å². The molecule has 2 rings (SSSR count). The second-order valence-electron chi connectivity index (χ2n) is 5.26. The largest absolute Gasteiger partial charge is 0.480 e. The van der Waals surface area contributed by atoms with Crippen LogP contribution in [0.15, 0.2) is 12.3 Å². The van der Waals surface area contributed by atoms with E-state index >= 15 is 0 Å². The lowest BCUT2D eigenvalue weighted by atomic mass is 9.90. The fourth-order valence-electron chi connectivity index (χ4n) is 2.57. The molecule has 0 spiro atoms. The van der Waals surface area contributed by atoms with Gasteiger partial charge in [-0.2, -0.15) is 5.10 Å². The van der Waals surface area contributed by atoms with Crippen LogP contribution in [-0.4, -0.2) is 32.4 Å². The number of carboxylic acid groups (broad SMARTS) is 1. The van der Waals surface area contributed by atoms with Crippen LogP contribution in [0.2, 0.25) is 0 Å². The summed E-state index contributed by atoms with van der Waals surface area (Å²) >= 11 is 0. The van der Waals surface area contributed by atoms with Crippen LogP contribution in [0, 0.1) is 0 Å². The van der Waals surface area contributed by atoms with E-state index in [-0.39, 0.29) is 0 Å². The molecule has 1 saturated carbocycles. The number of aryl methyl sites for hydroxylation is 1. The Labute approximate surface area is 117 Å². The van der Waals surface area contributed by atoms with Crippen molar-refractivity contribution in [3.05, 3.63) is 12.3 Å². The number of carbonyl (C=O) groups excluding carboxylic acids is 1. The van der Waals surface area contributed by atoms with E-state index in [1.165, 1.54) is 0 Å². The molecular weight excluding hydrogens is 260 g/mol. The Morgan fingerprint density at radius 3 is 2.45 bits per heavy atom. The topological polar surface area (TPSA) is 96.2 Å². The Bertz CT molecular complexity index is 490. The monoisotopic (exact) mass is 280 g/mol. The molecule has 2 amide bonds. The van der Waals surface area contributed by atoms with Crippen molar-refractivity contribution in [3.8, 4) is 0 Å². The van der Waals surface area contributed by atoms with Crippen molar-refractivity contribution in [3.63, 3.8) is 0 Å². The number of aliphatic carboxylic acids is 1. The van der Waals surface area contributed by atoms with Gasteiger partial charge in [-0.25, -0.2) is 9.59 Å². The van der Waals surface area contributed by atoms with Crippen molar-refractivity contribution < 1.29 is 14.7 Å². The highest BCUT2D eigenvalue weighted by molar-refractivity contribution is 5.93. The zero-order valence-corrected chi connectivity index (χ0v) is 11.6. The third kappa shape index (κ3) is 3.28. The molecule has 110 valence electrons. The second-order valence-corrected chi connectivity index (χ2v) is 5.26. The van der Waals surface area contributed by atoms with Gasteiger partial charge in [0.1, 0.15) is 5.54 Å². The molecule has 7 nitrogen and oxygen atoms in total. The van der Waals surface area contributed by atoms with E-state index in [0.29, 0.717) is 18.7 Å². The van der Waals surface area contributed by atoms with Crippen LogP contribution in [0.5, 0.6) is 0 Å². The van der Waals surface area contributed by atoms with Crippen molar-refractivity contribution in [1.82, 2.24) is 15.1 Å². The van der Waals surface area contributed by atoms with Crippen LogP contribution in [0.25, 0.3) is 0 Å². The van der Waals surface area contributed by atoms with Gasteiger partial charge >= 0.3 is 12.0 Å². The summed E-state index contributed by atoms with van der Waals surface area (Å²) in [6.07, 6.45) is 6.30. The lowest BCUT2D eigenvalue weighted by molar-refractivity contribution is -0.145. The summed E-state index contributed by atoms with van der Waals surface area (Å²) in [6.45, 7) is 0. The molecule has 0 unspecified atom stereocenters. The van der Waals surface area contributed by atoms with Gasteiger partial charge in [-0.05, 0) is 12.8 Å². The number of carbonyl (C=O) groups is 2. The van der Waals surface area contributed by atoms with E-state index in [1.807, 2.05) is 0 Å². The van der Waals surface area contributed by atoms with Gasteiger partial charge in [0, 0.05) is 19.3 Å². The molecule has 1 aromatic rings. The zero-order valence-electron chi connectivity index (χ0n) is 11.6. The molecule has 0 radical (unpaired) electrons. The van der Waals surface area contributed by atoms with Crippen LogP contribution < -0.4 is 10.6 Å². The fourth-order valence-corrected chi connectivity index (χ4v) is 2.57. The van der Waals surface area contributed by atoms with Crippen LogP contribution in [0.3, 0.4) is 0 Å². The molecule has 1 heterocycles. The predicted octanol–water partition coefficient (Wildman–Crippen LogP) is 1.72. The first kappa shape index (κ1) is 14.4. The van der Waals surface area contributed by atoms with Crippen molar-refractivity contribution in [2.75, 3.05) is 5.32 Å². The number of nitrogens with one attached hydrogen (secondary N) is 2. The molecule has 0 atom stereocenters. The first-order chi connectivity index (χ1) is 9.52. The van der Waals surface area contributed by atoms with E-state index in [1.54, 1.807) is 24.0 Å². The van der Waals surface area contributed by atoms with Gasteiger partial charge in [0.2, 0.25) is 0 Å². The number of rotatable bonds is 3. The maximum absolute atomic E-state index is 12.0. The van der Waals surface area contributed by atoms with Crippen molar-refractivity contribution in [2.45, 2.75) is 44.1 Å². The highest BCUT2D eigenvalue weighted by atomic mass is 16.4. The van der Waals surface area contributed by atoms with Crippen molar-refractivity contribution in [1.29, 1.82) is 0 Å².